The Kier molecular flexibility index (Phi) is 29.8. The molecule has 5 heteroatoms. The van der Waals surface area contributed by atoms with Crippen LogP contribution in [-0.2, 0) is 6.54 Å². The van der Waals surface area contributed by atoms with Crippen LogP contribution in [-0.4, -0.2) is 6.54 Å². The van der Waals surface area contributed by atoms with Crippen LogP contribution in [0.3, 0.4) is 0 Å². The average Bonchev–Trinajstić information content (AvgIpc) is 3.77. The zero-order valence-corrected chi connectivity index (χ0v) is 40.7. The summed E-state index contributed by atoms with van der Waals surface area (Å²) in [4.78, 5) is 3.98. The van der Waals surface area contributed by atoms with E-state index in [-0.39, 0.29) is 17.0 Å². The topological polar surface area (TPSA) is 7.12 Å². The summed E-state index contributed by atoms with van der Waals surface area (Å²) in [5.74, 6) is 0. The number of allylic oxidation sites excluding steroid dienone is 2. The number of rotatable bonds is 36. The van der Waals surface area contributed by atoms with E-state index in [1.54, 1.807) is 0 Å². The van der Waals surface area contributed by atoms with Gasteiger partial charge in [0, 0.05) is 30.0 Å². The molecule has 0 spiro atoms. The van der Waals surface area contributed by atoms with Crippen LogP contribution in [0.25, 0.3) is 16.3 Å². The molecule has 0 atom stereocenters. The maximum Gasteiger partial charge on any atom is 0.262 e. The molecule has 2 aromatic carbocycles. The number of aryl methyl sites for hydroxylation is 1. The third-order valence-corrected chi connectivity index (χ3v) is 14.5. The summed E-state index contributed by atoms with van der Waals surface area (Å²) >= 11 is 3.89. The number of thioether (sulfide) groups is 1. The fraction of sp³-hybridized carbons (Fsp3) is 0.679. The first-order chi connectivity index (χ1) is 28.3. The number of hydrogen-bond donors (Lipinski definition) is 0. The van der Waals surface area contributed by atoms with Crippen molar-refractivity contribution in [3.63, 3.8) is 0 Å². The summed E-state index contributed by atoms with van der Waals surface area (Å²) in [5, 5.41) is 2.75. The van der Waals surface area contributed by atoms with E-state index in [0.717, 1.165) is 13.1 Å². The predicted molar refractivity (Wildman–Crippen MR) is 258 cm³/mol. The van der Waals surface area contributed by atoms with Gasteiger partial charge in [-0.2, -0.15) is 4.57 Å². The quantitative estimate of drug-likeness (QED) is 0.0424. The molecule has 0 aliphatic carbocycles. The van der Waals surface area contributed by atoms with Gasteiger partial charge in [-0.25, -0.2) is 0 Å². The fourth-order valence-electron chi connectivity index (χ4n) is 8.66. The first kappa shape index (κ1) is 50.8. The Morgan fingerprint density at radius 1 is 0.500 bits per heavy atom. The normalized spacial score (nSPS) is 13.3. The summed E-state index contributed by atoms with van der Waals surface area (Å²) < 4.78 is 3.98. The fourth-order valence-corrected chi connectivity index (χ4v) is 10.9. The number of halogens is 1. The third kappa shape index (κ3) is 20.8. The van der Waals surface area contributed by atoms with Crippen LogP contribution in [0.15, 0.2) is 70.6 Å². The van der Waals surface area contributed by atoms with Crippen LogP contribution in [0.2, 0.25) is 0 Å². The van der Waals surface area contributed by atoms with Gasteiger partial charge in [-0.15, -0.1) is 0 Å². The lowest BCUT2D eigenvalue weighted by Crippen LogP contribution is -3.00. The van der Waals surface area contributed by atoms with Gasteiger partial charge in [0.25, 0.3) is 5.01 Å². The molecule has 0 unspecified atom stereocenters. The summed E-state index contributed by atoms with van der Waals surface area (Å²) in [6.07, 6.45) is 52.4. The van der Waals surface area contributed by atoms with Gasteiger partial charge in [0.1, 0.15) is 4.70 Å². The summed E-state index contributed by atoms with van der Waals surface area (Å²) in [6.45, 7) is 6.85. The molecule has 0 fully saturated rings. The first-order valence-corrected chi connectivity index (χ1v) is 26.3. The molecule has 2 nitrogen and oxygen atoms in total. The van der Waals surface area contributed by atoms with Gasteiger partial charge < -0.3 is 21.9 Å². The minimum atomic E-state index is 0. The van der Waals surface area contributed by atoms with Crippen molar-refractivity contribution in [2.24, 2.45) is 0 Å². The SMILES string of the molecule is CCCCCCCCCCCCCCCCCCN1/C(=C\C=C\c2sc3ccccc3[n+]2CCCCCCCCCCCCCCCCCC)Sc2ccccc21.[Br-]. The maximum atomic E-state index is 2.59. The largest absolute Gasteiger partial charge is 1.00 e. The lowest BCUT2D eigenvalue weighted by Gasteiger charge is -2.20. The highest BCUT2D eigenvalue weighted by molar-refractivity contribution is 8.03. The van der Waals surface area contributed by atoms with Crippen molar-refractivity contribution >= 4 is 45.1 Å². The molecule has 0 amide bonds. The number of aromatic nitrogens is 1. The average molecular weight is 894 g/mol. The maximum absolute atomic E-state index is 2.59. The van der Waals surface area contributed by atoms with Crippen LogP contribution >= 0.6 is 23.1 Å². The van der Waals surface area contributed by atoms with E-state index in [1.165, 1.54) is 236 Å². The number of hydrogen-bond acceptors (Lipinski definition) is 3. The number of para-hydroxylation sites is 2. The van der Waals surface area contributed by atoms with Crippen molar-refractivity contribution < 1.29 is 21.5 Å². The zero-order valence-electron chi connectivity index (χ0n) is 37.5. The van der Waals surface area contributed by atoms with Crippen LogP contribution in [0.4, 0.5) is 5.69 Å². The minimum Gasteiger partial charge on any atom is -1.00 e. The van der Waals surface area contributed by atoms with Gasteiger partial charge in [0.15, 0.2) is 6.54 Å². The number of thiazole rings is 1. The van der Waals surface area contributed by atoms with Crippen molar-refractivity contribution in [1.29, 1.82) is 0 Å². The molecule has 0 radical (unpaired) electrons. The van der Waals surface area contributed by atoms with Gasteiger partial charge >= 0.3 is 0 Å². The lowest BCUT2D eigenvalue weighted by atomic mass is 10.0. The standard InChI is InChI=1S/C53H85N2S2.BrH/c1-3-5-7-9-11-13-15-17-19-21-23-25-27-29-31-37-46-54-48-40-33-35-42-50(48)56-52(54)44-39-45-53-55(49-41-34-36-43-51(49)57-53)47-38-32-30-28-26-24-22-20-18-16-14-12-10-8-6-4-2;/h33-36,39-45H,3-32,37-38,46-47H2,1-2H3;1H/q+1;/p-1. The highest BCUT2D eigenvalue weighted by Gasteiger charge is 2.24. The van der Waals surface area contributed by atoms with Gasteiger partial charge in [-0.05, 0) is 37.1 Å². The van der Waals surface area contributed by atoms with Crippen LogP contribution in [0.1, 0.15) is 224 Å². The van der Waals surface area contributed by atoms with Crippen LogP contribution < -0.4 is 26.4 Å². The summed E-state index contributed by atoms with van der Waals surface area (Å²) in [5.41, 5.74) is 2.78. The van der Waals surface area contributed by atoms with Crippen molar-refractivity contribution in [3.05, 3.63) is 70.7 Å². The monoisotopic (exact) mass is 893 g/mol. The van der Waals surface area contributed by atoms with E-state index in [2.05, 4.69) is 90.1 Å². The molecular weight excluding hydrogens is 809 g/mol. The molecule has 3 aromatic rings. The van der Waals surface area contributed by atoms with E-state index in [4.69, 9.17) is 0 Å². The Morgan fingerprint density at radius 2 is 0.931 bits per heavy atom. The van der Waals surface area contributed by atoms with Gasteiger partial charge in [-0.3, -0.25) is 0 Å². The van der Waals surface area contributed by atoms with Gasteiger partial charge in [0.05, 0.1) is 10.7 Å². The number of nitrogens with zero attached hydrogens (tertiary/aromatic N) is 2. The number of unbranched alkanes of at least 4 members (excludes halogenated alkanes) is 30. The second-order valence-electron chi connectivity index (χ2n) is 17.3. The van der Waals surface area contributed by atoms with Gasteiger partial charge in [-0.1, -0.05) is 253 Å². The van der Waals surface area contributed by atoms with Crippen molar-refractivity contribution in [2.75, 3.05) is 11.4 Å². The second-order valence-corrected chi connectivity index (χ2v) is 19.4. The smallest absolute Gasteiger partial charge is 0.262 e. The molecule has 2 heterocycles. The highest BCUT2D eigenvalue weighted by Crippen LogP contribution is 2.46. The molecule has 326 valence electrons. The van der Waals surface area contributed by atoms with Gasteiger partial charge in [0.2, 0.25) is 5.52 Å². The summed E-state index contributed by atoms with van der Waals surface area (Å²) in [7, 11) is 0. The number of anilines is 1. The molecule has 0 N–H and O–H groups in total. The molecule has 58 heavy (non-hydrogen) atoms. The first-order valence-electron chi connectivity index (χ1n) is 24.7. The van der Waals surface area contributed by atoms with Crippen LogP contribution in [0, 0.1) is 0 Å². The van der Waals surface area contributed by atoms with E-state index < -0.39 is 0 Å². The zero-order chi connectivity index (χ0) is 39.9. The Bertz CT molecular complexity index is 1490. The number of benzene rings is 2. The van der Waals surface area contributed by atoms with E-state index in [0.29, 0.717) is 0 Å². The van der Waals surface area contributed by atoms with E-state index in [1.807, 2.05) is 23.1 Å². The molecule has 0 saturated carbocycles. The Morgan fingerprint density at radius 3 is 1.45 bits per heavy atom. The lowest BCUT2D eigenvalue weighted by molar-refractivity contribution is -0.669. The summed E-state index contributed by atoms with van der Waals surface area (Å²) in [6, 6.07) is 18.0. The molecule has 1 aromatic heterocycles. The van der Waals surface area contributed by atoms with Crippen molar-refractivity contribution in [2.45, 2.75) is 231 Å². The van der Waals surface area contributed by atoms with E-state index >= 15 is 0 Å². The van der Waals surface area contributed by atoms with Crippen molar-refractivity contribution in [1.82, 2.24) is 0 Å². The van der Waals surface area contributed by atoms with E-state index in [9.17, 15) is 0 Å². The number of fused-ring (bicyclic) bond motifs is 2. The van der Waals surface area contributed by atoms with Crippen LogP contribution in [0.5, 0.6) is 0 Å². The Hall–Kier alpha value is -1.56. The molecule has 4 rings (SSSR count). The molecular formula is C53H85BrN2S2. The molecule has 1 aliphatic heterocycles. The Balaban J connectivity index is 0.00000900. The second kappa shape index (κ2) is 34.1. The van der Waals surface area contributed by atoms with Crippen molar-refractivity contribution in [3.8, 4) is 0 Å². The minimum absolute atomic E-state index is 0. The predicted octanol–water partition coefficient (Wildman–Crippen LogP) is 15.2. The molecule has 1 aliphatic rings. The highest BCUT2D eigenvalue weighted by atomic mass is 79.9. The molecule has 0 bridgehead atoms. The third-order valence-electron chi connectivity index (χ3n) is 12.2. The Labute approximate surface area is 377 Å². The molecule has 0 saturated heterocycles.